The van der Waals surface area contributed by atoms with E-state index in [1.165, 1.54) is 6.08 Å². The standard InChI is InChI=1S/C23H22O6/c1-3-21(24)27-15-18-7-5-17(6-8-18)11-14-23(26)29-20-12-9-19(10-13-20)16-28-22(25)4-2/h3,5-14H,1,4,15-16H2,2H3/b14-11+. The van der Waals surface area contributed by atoms with Gasteiger partial charge in [0, 0.05) is 18.6 Å². The SMILES string of the molecule is C=CC(=O)OCc1ccc(/C=C/C(=O)Oc2ccc(COC(=O)CC)cc2)cc1. The zero-order chi connectivity index (χ0) is 21.1. The molecule has 0 unspecified atom stereocenters. The minimum atomic E-state index is -0.515. The van der Waals surface area contributed by atoms with Crippen LogP contribution < -0.4 is 4.74 Å². The van der Waals surface area contributed by atoms with Gasteiger partial charge in [0.15, 0.2) is 0 Å². The molecule has 2 rings (SSSR count). The van der Waals surface area contributed by atoms with Gasteiger partial charge in [0.25, 0.3) is 0 Å². The molecular formula is C23H22O6. The second kappa shape index (κ2) is 11.2. The molecule has 0 heterocycles. The number of ether oxygens (including phenoxy) is 3. The van der Waals surface area contributed by atoms with Crippen molar-refractivity contribution in [2.75, 3.05) is 0 Å². The summed E-state index contributed by atoms with van der Waals surface area (Å²) in [5, 5.41) is 0. The molecule has 0 saturated carbocycles. The molecule has 0 amide bonds. The first-order valence-electron chi connectivity index (χ1n) is 9.02. The van der Waals surface area contributed by atoms with Gasteiger partial charge < -0.3 is 14.2 Å². The minimum absolute atomic E-state index is 0.157. The lowest BCUT2D eigenvalue weighted by Gasteiger charge is -2.05. The van der Waals surface area contributed by atoms with Crippen molar-refractivity contribution in [1.29, 1.82) is 0 Å². The summed E-state index contributed by atoms with van der Waals surface area (Å²) >= 11 is 0. The first-order valence-corrected chi connectivity index (χ1v) is 9.02. The predicted molar refractivity (Wildman–Crippen MR) is 108 cm³/mol. The van der Waals surface area contributed by atoms with Gasteiger partial charge in [0.05, 0.1) is 0 Å². The molecule has 0 spiro atoms. The van der Waals surface area contributed by atoms with Crippen LogP contribution in [-0.4, -0.2) is 17.9 Å². The Labute approximate surface area is 169 Å². The van der Waals surface area contributed by atoms with Gasteiger partial charge in [-0.05, 0) is 34.9 Å². The van der Waals surface area contributed by atoms with Crippen molar-refractivity contribution in [1.82, 2.24) is 0 Å². The number of carbonyl (C=O) groups is 3. The van der Waals surface area contributed by atoms with Crippen LogP contribution in [0.4, 0.5) is 0 Å². The third kappa shape index (κ3) is 7.84. The molecule has 6 nitrogen and oxygen atoms in total. The first-order chi connectivity index (χ1) is 14.0. The van der Waals surface area contributed by atoms with Crippen LogP contribution in [0.3, 0.4) is 0 Å². The fourth-order valence-electron chi connectivity index (χ4n) is 2.17. The Balaban J connectivity index is 1.83. The minimum Gasteiger partial charge on any atom is -0.461 e. The smallest absolute Gasteiger partial charge is 0.336 e. The zero-order valence-corrected chi connectivity index (χ0v) is 16.1. The molecule has 2 aromatic carbocycles. The fourth-order valence-corrected chi connectivity index (χ4v) is 2.17. The van der Waals surface area contributed by atoms with Gasteiger partial charge in [0.1, 0.15) is 19.0 Å². The first kappa shape index (κ1) is 21.6. The maximum absolute atomic E-state index is 12.0. The normalized spacial score (nSPS) is 10.4. The quantitative estimate of drug-likeness (QED) is 0.364. The maximum Gasteiger partial charge on any atom is 0.336 e. The summed E-state index contributed by atoms with van der Waals surface area (Å²) in [4.78, 5) is 34.2. The lowest BCUT2D eigenvalue weighted by Crippen LogP contribution is -2.04. The number of benzene rings is 2. The Morgan fingerprint density at radius 3 is 2.03 bits per heavy atom. The van der Waals surface area contributed by atoms with E-state index in [9.17, 15) is 14.4 Å². The molecule has 0 aliphatic heterocycles. The lowest BCUT2D eigenvalue weighted by molar-refractivity contribution is -0.144. The van der Waals surface area contributed by atoms with Crippen LogP contribution >= 0.6 is 0 Å². The lowest BCUT2D eigenvalue weighted by atomic mass is 10.1. The van der Waals surface area contributed by atoms with E-state index in [2.05, 4.69) is 6.58 Å². The largest absolute Gasteiger partial charge is 0.461 e. The number of carbonyl (C=O) groups excluding carboxylic acids is 3. The molecule has 0 aromatic heterocycles. The van der Waals surface area contributed by atoms with Crippen LogP contribution in [0.5, 0.6) is 5.75 Å². The molecule has 0 atom stereocenters. The van der Waals surface area contributed by atoms with Crippen molar-refractivity contribution < 1.29 is 28.6 Å². The van der Waals surface area contributed by atoms with Crippen molar-refractivity contribution in [3.8, 4) is 5.75 Å². The van der Waals surface area contributed by atoms with E-state index in [1.54, 1.807) is 61.5 Å². The van der Waals surface area contributed by atoms with E-state index in [1.807, 2.05) is 0 Å². The summed E-state index contributed by atoms with van der Waals surface area (Å²) in [6.07, 6.45) is 4.38. The van der Waals surface area contributed by atoms with Crippen molar-refractivity contribution in [3.63, 3.8) is 0 Å². The maximum atomic E-state index is 12.0. The fraction of sp³-hybridized carbons (Fsp3) is 0.174. The summed E-state index contributed by atoms with van der Waals surface area (Å²) < 4.78 is 15.2. The summed E-state index contributed by atoms with van der Waals surface area (Å²) in [5.74, 6) is -0.869. The number of hydrogen-bond acceptors (Lipinski definition) is 6. The third-order valence-corrected chi connectivity index (χ3v) is 3.77. The van der Waals surface area contributed by atoms with E-state index in [4.69, 9.17) is 14.2 Å². The molecule has 0 aliphatic carbocycles. The molecular weight excluding hydrogens is 372 g/mol. The summed E-state index contributed by atoms with van der Waals surface area (Å²) in [5.41, 5.74) is 2.43. The summed E-state index contributed by atoms with van der Waals surface area (Å²) in [6, 6.07) is 13.9. The van der Waals surface area contributed by atoms with Crippen molar-refractivity contribution in [2.45, 2.75) is 26.6 Å². The number of rotatable bonds is 9. The molecule has 0 fully saturated rings. The topological polar surface area (TPSA) is 78.9 Å². The van der Waals surface area contributed by atoms with E-state index in [-0.39, 0.29) is 19.2 Å². The molecule has 29 heavy (non-hydrogen) atoms. The van der Waals surface area contributed by atoms with Crippen LogP contribution in [0, 0.1) is 0 Å². The third-order valence-electron chi connectivity index (χ3n) is 3.77. The average Bonchev–Trinajstić information content (AvgIpc) is 2.76. The van der Waals surface area contributed by atoms with Crippen molar-refractivity contribution in [3.05, 3.63) is 84.0 Å². The Bertz CT molecular complexity index is 879. The average molecular weight is 394 g/mol. The molecule has 0 saturated heterocycles. The van der Waals surface area contributed by atoms with Gasteiger partial charge in [-0.1, -0.05) is 49.9 Å². The van der Waals surface area contributed by atoms with Crippen LogP contribution in [-0.2, 0) is 37.1 Å². The summed E-state index contributed by atoms with van der Waals surface area (Å²) in [7, 11) is 0. The van der Waals surface area contributed by atoms with Gasteiger partial charge in [0.2, 0.25) is 0 Å². The molecule has 150 valence electrons. The molecule has 6 heteroatoms. The highest BCUT2D eigenvalue weighted by Gasteiger charge is 2.03. The second-order valence-corrected chi connectivity index (χ2v) is 5.97. The number of hydrogen-bond donors (Lipinski definition) is 0. The Morgan fingerprint density at radius 1 is 0.862 bits per heavy atom. The molecule has 0 radical (unpaired) electrons. The second-order valence-electron chi connectivity index (χ2n) is 5.97. The molecule has 0 bridgehead atoms. The highest BCUT2D eigenvalue weighted by molar-refractivity contribution is 5.88. The predicted octanol–water partition coefficient (Wildman–Crippen LogP) is 3.99. The summed E-state index contributed by atoms with van der Waals surface area (Å²) in [6.45, 7) is 5.41. The molecule has 0 aliphatic rings. The van der Waals surface area contributed by atoms with E-state index < -0.39 is 11.9 Å². The van der Waals surface area contributed by atoms with Crippen LogP contribution in [0.1, 0.15) is 30.0 Å². The van der Waals surface area contributed by atoms with Crippen LogP contribution in [0.25, 0.3) is 6.08 Å². The van der Waals surface area contributed by atoms with Gasteiger partial charge in [-0.25, -0.2) is 9.59 Å². The van der Waals surface area contributed by atoms with Gasteiger partial charge in [-0.2, -0.15) is 0 Å². The monoisotopic (exact) mass is 394 g/mol. The van der Waals surface area contributed by atoms with Gasteiger partial charge in [-0.15, -0.1) is 0 Å². The molecule has 2 aromatic rings. The molecule has 0 N–H and O–H groups in total. The van der Waals surface area contributed by atoms with Gasteiger partial charge >= 0.3 is 17.9 Å². The zero-order valence-electron chi connectivity index (χ0n) is 16.1. The Kier molecular flexibility index (Phi) is 8.38. The highest BCUT2D eigenvalue weighted by atomic mass is 16.5. The van der Waals surface area contributed by atoms with Gasteiger partial charge in [-0.3, -0.25) is 4.79 Å². The van der Waals surface area contributed by atoms with Crippen molar-refractivity contribution >= 4 is 24.0 Å². The van der Waals surface area contributed by atoms with Crippen LogP contribution in [0.15, 0.2) is 67.3 Å². The van der Waals surface area contributed by atoms with E-state index in [0.29, 0.717) is 12.2 Å². The van der Waals surface area contributed by atoms with Crippen LogP contribution in [0.2, 0.25) is 0 Å². The van der Waals surface area contributed by atoms with Crippen molar-refractivity contribution in [2.24, 2.45) is 0 Å². The van der Waals surface area contributed by atoms with E-state index >= 15 is 0 Å². The van der Waals surface area contributed by atoms with E-state index in [0.717, 1.165) is 22.8 Å². The Hall–Kier alpha value is -3.67. The Morgan fingerprint density at radius 2 is 1.45 bits per heavy atom. The highest BCUT2D eigenvalue weighted by Crippen LogP contribution is 2.14. The number of esters is 3.